The molecule has 27 heavy (non-hydrogen) atoms. The lowest BCUT2D eigenvalue weighted by Crippen LogP contribution is -2.21. The van der Waals surface area contributed by atoms with Crippen molar-refractivity contribution in [3.63, 3.8) is 0 Å². The van der Waals surface area contributed by atoms with Gasteiger partial charge in [-0.3, -0.25) is 0 Å². The highest BCUT2D eigenvalue weighted by Crippen LogP contribution is 2.38. The van der Waals surface area contributed by atoms with Gasteiger partial charge in [0.25, 0.3) is 0 Å². The van der Waals surface area contributed by atoms with E-state index in [0.29, 0.717) is 0 Å². The molecule has 0 saturated carbocycles. The summed E-state index contributed by atoms with van der Waals surface area (Å²) < 4.78 is 0. The van der Waals surface area contributed by atoms with E-state index in [0.717, 1.165) is 0 Å². The van der Waals surface area contributed by atoms with Gasteiger partial charge in [0.05, 0.1) is 0 Å². The highest BCUT2D eigenvalue weighted by Gasteiger charge is 2.20. The Bertz CT molecular complexity index is 674. The van der Waals surface area contributed by atoms with Crippen molar-refractivity contribution in [1.82, 2.24) is 0 Å². The molecule has 0 aromatic heterocycles. The van der Waals surface area contributed by atoms with Crippen molar-refractivity contribution in [3.8, 4) is 0 Å². The Labute approximate surface area is 169 Å². The van der Waals surface area contributed by atoms with Crippen molar-refractivity contribution in [3.05, 3.63) is 59.2 Å². The van der Waals surface area contributed by atoms with Crippen LogP contribution in [0.25, 0.3) is 0 Å². The van der Waals surface area contributed by atoms with E-state index in [9.17, 15) is 0 Å². The van der Waals surface area contributed by atoms with Gasteiger partial charge in [-0.2, -0.15) is 0 Å². The minimum absolute atomic E-state index is 0.252. The molecule has 0 bridgehead atoms. The second kappa shape index (κ2) is 12.4. The third-order valence-corrected chi connectivity index (χ3v) is 8.36. The first kappa shape index (κ1) is 22.2. The summed E-state index contributed by atoms with van der Waals surface area (Å²) in [7, 11) is -0.252. The topological polar surface area (TPSA) is 0 Å². The van der Waals surface area contributed by atoms with E-state index in [2.05, 4.69) is 70.2 Å². The molecule has 148 valence electrons. The molecule has 0 spiro atoms. The molecular weight excluding hydrogens is 343 g/mol. The van der Waals surface area contributed by atoms with Crippen molar-refractivity contribution in [2.45, 2.75) is 85.5 Å². The molecule has 0 heterocycles. The van der Waals surface area contributed by atoms with Crippen molar-refractivity contribution in [2.75, 3.05) is 6.16 Å². The molecule has 0 amide bonds. The maximum atomic E-state index is 2.46. The SMILES string of the molecule is CCCCCP(c1ccccc1C)c1cccc(CCCC)c1CCCC. The lowest BCUT2D eigenvalue weighted by atomic mass is 9.98. The van der Waals surface area contributed by atoms with Crippen molar-refractivity contribution in [1.29, 1.82) is 0 Å². The molecule has 2 rings (SSSR count). The summed E-state index contributed by atoms with van der Waals surface area (Å²) in [5, 5.41) is 3.28. The van der Waals surface area contributed by atoms with Gasteiger partial charge in [0, 0.05) is 0 Å². The van der Waals surface area contributed by atoms with Crippen molar-refractivity contribution < 1.29 is 0 Å². The van der Waals surface area contributed by atoms with E-state index in [1.54, 1.807) is 21.7 Å². The van der Waals surface area contributed by atoms with Gasteiger partial charge in [-0.25, -0.2) is 0 Å². The molecule has 0 aliphatic heterocycles. The quantitative estimate of drug-likeness (QED) is 0.267. The summed E-state index contributed by atoms with van der Waals surface area (Å²) >= 11 is 0. The summed E-state index contributed by atoms with van der Waals surface area (Å²) in [5.74, 6) is 0. The van der Waals surface area contributed by atoms with Crippen LogP contribution in [0.5, 0.6) is 0 Å². The predicted octanol–water partition coefficient (Wildman–Crippen LogP) is 7.30. The number of rotatable bonds is 12. The first-order valence-electron chi connectivity index (χ1n) is 11.2. The Balaban J connectivity index is 2.47. The zero-order valence-electron chi connectivity index (χ0n) is 18.1. The van der Waals surface area contributed by atoms with E-state index >= 15 is 0 Å². The van der Waals surface area contributed by atoms with Gasteiger partial charge in [-0.1, -0.05) is 88.9 Å². The number of hydrogen-bond acceptors (Lipinski definition) is 0. The van der Waals surface area contributed by atoms with Gasteiger partial charge in [-0.05, 0) is 80.4 Å². The summed E-state index contributed by atoms with van der Waals surface area (Å²) in [4.78, 5) is 0. The highest BCUT2D eigenvalue weighted by molar-refractivity contribution is 7.73. The first-order chi connectivity index (χ1) is 13.2. The van der Waals surface area contributed by atoms with Gasteiger partial charge in [0.1, 0.15) is 0 Å². The largest absolute Gasteiger partial charge is 0.0654 e. The maximum absolute atomic E-state index is 2.46. The second-order valence-electron chi connectivity index (χ2n) is 7.77. The normalized spacial score (nSPS) is 12.3. The third kappa shape index (κ3) is 6.46. The van der Waals surface area contributed by atoms with Crippen LogP contribution in [0.4, 0.5) is 0 Å². The molecule has 0 aliphatic carbocycles. The van der Waals surface area contributed by atoms with Crippen molar-refractivity contribution >= 4 is 18.5 Å². The molecule has 2 aromatic rings. The lowest BCUT2D eigenvalue weighted by molar-refractivity contribution is 0.760. The molecule has 1 atom stereocenters. The molecule has 0 saturated heterocycles. The minimum atomic E-state index is -0.252. The zero-order chi connectivity index (χ0) is 19.5. The standard InChI is InChI=1S/C26H39P/c1-5-8-13-21-27(25-19-12-11-15-22(25)4)26-20-14-17-23(16-9-6-2)24(26)18-10-7-3/h11-12,14-15,17,19-20H,5-10,13,16,18,21H2,1-4H3. The molecular formula is C26H39P. The van der Waals surface area contributed by atoms with E-state index in [-0.39, 0.29) is 7.92 Å². The first-order valence-corrected chi connectivity index (χ1v) is 12.7. The second-order valence-corrected chi connectivity index (χ2v) is 10.0. The minimum Gasteiger partial charge on any atom is -0.0654 e. The van der Waals surface area contributed by atoms with Crippen molar-refractivity contribution in [2.24, 2.45) is 0 Å². The van der Waals surface area contributed by atoms with E-state index in [4.69, 9.17) is 0 Å². The van der Waals surface area contributed by atoms with Crippen LogP contribution in [0, 0.1) is 6.92 Å². The molecule has 0 aliphatic rings. The molecule has 0 radical (unpaired) electrons. The third-order valence-electron chi connectivity index (χ3n) is 5.51. The fourth-order valence-corrected chi connectivity index (χ4v) is 6.77. The molecule has 1 unspecified atom stereocenters. The monoisotopic (exact) mass is 382 g/mol. The average Bonchev–Trinajstić information content (AvgIpc) is 2.69. The van der Waals surface area contributed by atoms with Gasteiger partial charge in [0.2, 0.25) is 0 Å². The number of unbranched alkanes of at least 4 members (excludes halogenated alkanes) is 4. The van der Waals surface area contributed by atoms with E-state index in [1.807, 2.05) is 0 Å². The smallest absolute Gasteiger partial charge is 0.0160 e. The van der Waals surface area contributed by atoms with Gasteiger partial charge < -0.3 is 0 Å². The molecule has 1 heteroatoms. The van der Waals surface area contributed by atoms with E-state index < -0.39 is 0 Å². The van der Waals surface area contributed by atoms with Crippen LogP contribution in [0.2, 0.25) is 0 Å². The summed E-state index contributed by atoms with van der Waals surface area (Å²) in [6, 6.07) is 16.3. The molecule has 2 aromatic carbocycles. The van der Waals surface area contributed by atoms with Crippen LogP contribution in [0.1, 0.15) is 82.4 Å². The summed E-state index contributed by atoms with van der Waals surface area (Å²) in [6.45, 7) is 9.24. The Morgan fingerprint density at radius 1 is 0.667 bits per heavy atom. The average molecular weight is 383 g/mol. The highest BCUT2D eigenvalue weighted by atomic mass is 31.1. The zero-order valence-corrected chi connectivity index (χ0v) is 19.0. The molecule has 0 fully saturated rings. The number of aryl methyl sites for hydroxylation is 2. The Morgan fingerprint density at radius 3 is 2.04 bits per heavy atom. The lowest BCUT2D eigenvalue weighted by Gasteiger charge is -2.25. The fourth-order valence-electron chi connectivity index (χ4n) is 3.87. The van der Waals surface area contributed by atoms with Crippen LogP contribution in [-0.2, 0) is 12.8 Å². The molecule has 0 nitrogen and oxygen atoms in total. The Kier molecular flexibility index (Phi) is 10.1. The maximum Gasteiger partial charge on any atom is -0.0160 e. The van der Waals surface area contributed by atoms with Crippen LogP contribution >= 0.6 is 7.92 Å². The fraction of sp³-hybridized carbons (Fsp3) is 0.538. The molecule has 0 N–H and O–H groups in total. The predicted molar refractivity (Wildman–Crippen MR) is 125 cm³/mol. The number of benzene rings is 2. The van der Waals surface area contributed by atoms with Crippen LogP contribution in [-0.4, -0.2) is 6.16 Å². The summed E-state index contributed by atoms with van der Waals surface area (Å²) in [6.07, 6.45) is 13.0. The van der Waals surface area contributed by atoms with Gasteiger partial charge >= 0.3 is 0 Å². The van der Waals surface area contributed by atoms with Crippen LogP contribution < -0.4 is 10.6 Å². The summed E-state index contributed by atoms with van der Waals surface area (Å²) in [5.41, 5.74) is 4.79. The Hall–Kier alpha value is -1.13. The van der Waals surface area contributed by atoms with Crippen LogP contribution in [0.15, 0.2) is 42.5 Å². The Morgan fingerprint density at radius 2 is 1.33 bits per heavy atom. The van der Waals surface area contributed by atoms with Crippen LogP contribution in [0.3, 0.4) is 0 Å². The van der Waals surface area contributed by atoms with Gasteiger partial charge in [-0.15, -0.1) is 0 Å². The number of hydrogen-bond donors (Lipinski definition) is 0. The van der Waals surface area contributed by atoms with E-state index in [1.165, 1.54) is 69.5 Å². The van der Waals surface area contributed by atoms with Gasteiger partial charge in [0.15, 0.2) is 0 Å².